The van der Waals surface area contributed by atoms with Crippen LogP contribution in [0.15, 0.2) is 0 Å². The molecular formula is C10H16N2O2. The molecule has 0 spiro atoms. The van der Waals surface area contributed by atoms with E-state index in [1.165, 1.54) is 0 Å². The lowest BCUT2D eigenvalue weighted by Crippen LogP contribution is -2.35. The zero-order valence-electron chi connectivity index (χ0n) is 8.45. The number of hydrogen-bond donors (Lipinski definition) is 1. The number of amides is 1. The van der Waals surface area contributed by atoms with Crippen LogP contribution in [0.4, 0.5) is 0 Å². The van der Waals surface area contributed by atoms with E-state index in [1.807, 2.05) is 0 Å². The number of rotatable bonds is 6. The molecule has 0 radical (unpaired) electrons. The summed E-state index contributed by atoms with van der Waals surface area (Å²) in [5, 5.41) is 11.5. The molecule has 1 N–H and O–H groups in total. The van der Waals surface area contributed by atoms with Crippen molar-refractivity contribution in [1.29, 1.82) is 5.26 Å². The van der Waals surface area contributed by atoms with Gasteiger partial charge in [0, 0.05) is 20.1 Å². The van der Waals surface area contributed by atoms with Crippen LogP contribution in [0, 0.1) is 17.2 Å². The minimum atomic E-state index is -0.273. The molecule has 4 nitrogen and oxygen atoms in total. The van der Waals surface area contributed by atoms with E-state index in [9.17, 15) is 4.79 Å². The first-order valence-electron chi connectivity index (χ1n) is 4.96. The van der Waals surface area contributed by atoms with Crippen LogP contribution < -0.4 is 5.32 Å². The minimum absolute atomic E-state index is 0.0412. The fourth-order valence-electron chi connectivity index (χ4n) is 1.31. The molecule has 0 heterocycles. The van der Waals surface area contributed by atoms with Crippen molar-refractivity contribution in [1.82, 2.24) is 5.32 Å². The van der Waals surface area contributed by atoms with Gasteiger partial charge in [0.05, 0.1) is 6.07 Å². The van der Waals surface area contributed by atoms with Crippen molar-refractivity contribution in [3.63, 3.8) is 0 Å². The van der Waals surface area contributed by atoms with E-state index in [0.29, 0.717) is 25.4 Å². The maximum atomic E-state index is 11.3. The second-order valence-electron chi connectivity index (χ2n) is 3.61. The molecule has 14 heavy (non-hydrogen) atoms. The van der Waals surface area contributed by atoms with Crippen LogP contribution in [0.3, 0.4) is 0 Å². The van der Waals surface area contributed by atoms with Crippen molar-refractivity contribution < 1.29 is 9.53 Å². The first-order chi connectivity index (χ1) is 6.77. The number of hydrogen-bond acceptors (Lipinski definition) is 3. The number of ether oxygens (including phenoxy) is 1. The Morgan fingerprint density at radius 1 is 1.71 bits per heavy atom. The Bertz CT molecular complexity index is 231. The molecule has 0 saturated heterocycles. The van der Waals surface area contributed by atoms with Gasteiger partial charge in [-0.2, -0.15) is 5.26 Å². The summed E-state index contributed by atoms with van der Waals surface area (Å²) in [5.41, 5.74) is 0. The van der Waals surface area contributed by atoms with Gasteiger partial charge >= 0.3 is 0 Å². The fraction of sp³-hybridized carbons (Fsp3) is 0.800. The molecule has 0 aromatic rings. The standard InChI is InChI=1S/C10H16N2O2/c1-14-6-2-3-10(13)12-9(7-11)8-4-5-8/h8-9H,2-6H2,1H3,(H,12,13). The maximum absolute atomic E-state index is 11.3. The SMILES string of the molecule is COCCCC(=O)NC(C#N)C1CC1. The maximum Gasteiger partial charge on any atom is 0.221 e. The van der Waals surface area contributed by atoms with E-state index in [4.69, 9.17) is 10.00 Å². The highest BCUT2D eigenvalue weighted by Gasteiger charge is 2.31. The van der Waals surface area contributed by atoms with E-state index in [0.717, 1.165) is 12.8 Å². The van der Waals surface area contributed by atoms with Crippen molar-refractivity contribution in [3.05, 3.63) is 0 Å². The highest BCUT2D eigenvalue weighted by atomic mass is 16.5. The van der Waals surface area contributed by atoms with Crippen molar-refractivity contribution in [3.8, 4) is 6.07 Å². The van der Waals surface area contributed by atoms with Crippen molar-refractivity contribution in [2.45, 2.75) is 31.7 Å². The summed E-state index contributed by atoms with van der Waals surface area (Å²) in [5.74, 6) is 0.354. The molecule has 0 bridgehead atoms. The van der Waals surface area contributed by atoms with Gasteiger partial charge in [-0.25, -0.2) is 0 Å². The van der Waals surface area contributed by atoms with Gasteiger partial charge < -0.3 is 10.1 Å². The fourth-order valence-corrected chi connectivity index (χ4v) is 1.31. The molecule has 78 valence electrons. The molecule has 4 heteroatoms. The summed E-state index contributed by atoms with van der Waals surface area (Å²) in [7, 11) is 1.61. The summed E-state index contributed by atoms with van der Waals surface area (Å²) in [6.45, 7) is 0.591. The van der Waals surface area contributed by atoms with Gasteiger partial charge in [0.25, 0.3) is 0 Å². The second kappa shape index (κ2) is 5.61. The van der Waals surface area contributed by atoms with Crippen LogP contribution in [0.25, 0.3) is 0 Å². The monoisotopic (exact) mass is 196 g/mol. The lowest BCUT2D eigenvalue weighted by atomic mass is 10.2. The molecule has 1 rings (SSSR count). The van der Waals surface area contributed by atoms with E-state index in [2.05, 4.69) is 11.4 Å². The third kappa shape index (κ3) is 3.75. The molecule has 1 saturated carbocycles. The van der Waals surface area contributed by atoms with Crippen molar-refractivity contribution >= 4 is 5.91 Å². The van der Waals surface area contributed by atoms with Crippen LogP contribution in [0.5, 0.6) is 0 Å². The molecule has 1 unspecified atom stereocenters. The van der Waals surface area contributed by atoms with Gasteiger partial charge in [0.1, 0.15) is 6.04 Å². The third-order valence-electron chi connectivity index (χ3n) is 2.30. The molecule has 1 fully saturated rings. The van der Waals surface area contributed by atoms with Gasteiger partial charge in [0.15, 0.2) is 0 Å². The first-order valence-corrected chi connectivity index (χ1v) is 4.96. The predicted molar refractivity (Wildman–Crippen MR) is 51.4 cm³/mol. The largest absolute Gasteiger partial charge is 0.385 e. The Balaban J connectivity index is 2.15. The normalized spacial score (nSPS) is 17.1. The summed E-state index contributed by atoms with van der Waals surface area (Å²) in [4.78, 5) is 11.3. The number of carbonyl (C=O) groups excluding carboxylic acids is 1. The van der Waals surface area contributed by atoms with Crippen LogP contribution >= 0.6 is 0 Å². The highest BCUT2D eigenvalue weighted by molar-refractivity contribution is 5.76. The molecule has 1 aliphatic carbocycles. The number of nitrogens with zero attached hydrogens (tertiary/aromatic N) is 1. The molecule has 1 aliphatic rings. The van der Waals surface area contributed by atoms with E-state index in [-0.39, 0.29) is 11.9 Å². The summed E-state index contributed by atoms with van der Waals surface area (Å²) in [6.07, 6.45) is 3.29. The lowest BCUT2D eigenvalue weighted by Gasteiger charge is -2.09. The van der Waals surface area contributed by atoms with Gasteiger partial charge in [-0.1, -0.05) is 0 Å². The third-order valence-corrected chi connectivity index (χ3v) is 2.30. The summed E-state index contributed by atoms with van der Waals surface area (Å²) >= 11 is 0. The average Bonchev–Trinajstić information content (AvgIpc) is 2.98. The van der Waals surface area contributed by atoms with Crippen LogP contribution in [-0.2, 0) is 9.53 Å². The number of methoxy groups -OCH3 is 1. The Labute approximate surface area is 84.2 Å². The highest BCUT2D eigenvalue weighted by Crippen LogP contribution is 2.32. The Hall–Kier alpha value is -1.08. The van der Waals surface area contributed by atoms with Crippen molar-refractivity contribution in [2.24, 2.45) is 5.92 Å². The zero-order valence-corrected chi connectivity index (χ0v) is 8.45. The molecule has 1 amide bonds. The quantitative estimate of drug-likeness (QED) is 0.640. The number of nitrogens with one attached hydrogen (secondary N) is 1. The number of nitriles is 1. The van der Waals surface area contributed by atoms with Crippen LogP contribution in [-0.4, -0.2) is 25.7 Å². The van der Waals surface area contributed by atoms with Crippen molar-refractivity contribution in [2.75, 3.05) is 13.7 Å². The molecule has 0 aliphatic heterocycles. The minimum Gasteiger partial charge on any atom is -0.385 e. The van der Waals surface area contributed by atoms with Gasteiger partial charge in [-0.3, -0.25) is 4.79 Å². The summed E-state index contributed by atoms with van der Waals surface area (Å²) in [6, 6.07) is 1.85. The number of carbonyl (C=O) groups is 1. The topological polar surface area (TPSA) is 62.1 Å². The Morgan fingerprint density at radius 2 is 2.43 bits per heavy atom. The van der Waals surface area contributed by atoms with E-state index >= 15 is 0 Å². The smallest absolute Gasteiger partial charge is 0.221 e. The second-order valence-corrected chi connectivity index (χ2v) is 3.61. The molecular weight excluding hydrogens is 180 g/mol. The zero-order chi connectivity index (χ0) is 10.4. The first kappa shape index (κ1) is 11.0. The molecule has 0 aromatic carbocycles. The van der Waals surface area contributed by atoms with Crippen LogP contribution in [0.1, 0.15) is 25.7 Å². The Kier molecular flexibility index (Phi) is 4.41. The lowest BCUT2D eigenvalue weighted by molar-refractivity contribution is -0.121. The van der Waals surface area contributed by atoms with Gasteiger partial charge in [0.2, 0.25) is 5.91 Å². The Morgan fingerprint density at radius 3 is 2.93 bits per heavy atom. The average molecular weight is 196 g/mol. The molecule has 1 atom stereocenters. The molecule has 0 aromatic heterocycles. The van der Waals surface area contributed by atoms with E-state index in [1.54, 1.807) is 7.11 Å². The predicted octanol–water partition coefficient (Wildman–Crippen LogP) is 0.831. The van der Waals surface area contributed by atoms with Gasteiger partial charge in [-0.05, 0) is 25.2 Å². The van der Waals surface area contributed by atoms with E-state index < -0.39 is 0 Å². The van der Waals surface area contributed by atoms with Gasteiger partial charge in [-0.15, -0.1) is 0 Å². The summed E-state index contributed by atoms with van der Waals surface area (Å²) < 4.78 is 4.84. The van der Waals surface area contributed by atoms with Crippen LogP contribution in [0.2, 0.25) is 0 Å².